The van der Waals surface area contributed by atoms with Gasteiger partial charge in [0.15, 0.2) is 11.5 Å². The van der Waals surface area contributed by atoms with Gasteiger partial charge in [0, 0.05) is 30.2 Å². The molecule has 0 radical (unpaired) electrons. The summed E-state index contributed by atoms with van der Waals surface area (Å²) >= 11 is 0. The summed E-state index contributed by atoms with van der Waals surface area (Å²) in [5.41, 5.74) is 8.78. The van der Waals surface area contributed by atoms with Crippen molar-refractivity contribution in [2.45, 2.75) is 19.3 Å². The van der Waals surface area contributed by atoms with E-state index in [1.54, 1.807) is 12.1 Å². The van der Waals surface area contributed by atoms with Crippen LogP contribution in [-0.4, -0.2) is 18.6 Å². The third-order valence-electron chi connectivity index (χ3n) is 4.65. The van der Waals surface area contributed by atoms with Crippen LogP contribution in [0.5, 0.6) is 11.5 Å². The number of carbonyl (C=O) groups excluding carboxylic acids is 2. The molecule has 2 amide bonds. The largest absolute Gasteiger partial charge is 0.454 e. The SMILES string of the molecule is Nc1cc2c(cc1NC(=O)CCC1Cc3ccccc3NC1=O)OCO2. The van der Waals surface area contributed by atoms with E-state index in [0.29, 0.717) is 35.7 Å². The summed E-state index contributed by atoms with van der Waals surface area (Å²) in [6, 6.07) is 11.0. The first kappa shape index (κ1) is 16.3. The van der Waals surface area contributed by atoms with Gasteiger partial charge in [-0.1, -0.05) is 18.2 Å². The maximum atomic E-state index is 12.3. The van der Waals surface area contributed by atoms with Gasteiger partial charge >= 0.3 is 0 Å². The van der Waals surface area contributed by atoms with Crippen molar-refractivity contribution in [2.75, 3.05) is 23.2 Å². The normalized spacial score (nSPS) is 17.4. The minimum atomic E-state index is -0.218. The summed E-state index contributed by atoms with van der Waals surface area (Å²) in [7, 11) is 0. The first-order valence-electron chi connectivity index (χ1n) is 8.48. The van der Waals surface area contributed by atoms with Crippen LogP contribution in [0.4, 0.5) is 17.1 Å². The van der Waals surface area contributed by atoms with Gasteiger partial charge in [0.1, 0.15) is 0 Å². The lowest BCUT2D eigenvalue weighted by Crippen LogP contribution is -2.30. The maximum Gasteiger partial charge on any atom is 0.231 e. The van der Waals surface area contributed by atoms with Gasteiger partial charge in [0.05, 0.1) is 11.4 Å². The molecule has 0 fully saturated rings. The topological polar surface area (TPSA) is 103 Å². The predicted molar refractivity (Wildman–Crippen MR) is 97.1 cm³/mol. The first-order chi connectivity index (χ1) is 12.6. The van der Waals surface area contributed by atoms with Gasteiger partial charge in [-0.15, -0.1) is 0 Å². The highest BCUT2D eigenvalue weighted by Crippen LogP contribution is 2.38. The number of nitrogens with two attached hydrogens (primary N) is 1. The van der Waals surface area contributed by atoms with E-state index in [0.717, 1.165) is 11.3 Å². The van der Waals surface area contributed by atoms with Crippen molar-refractivity contribution in [1.29, 1.82) is 0 Å². The van der Waals surface area contributed by atoms with Crippen molar-refractivity contribution in [3.8, 4) is 11.5 Å². The van der Waals surface area contributed by atoms with Crippen molar-refractivity contribution in [1.82, 2.24) is 0 Å². The zero-order valence-electron chi connectivity index (χ0n) is 14.1. The third kappa shape index (κ3) is 3.15. The monoisotopic (exact) mass is 353 g/mol. The molecule has 0 aliphatic carbocycles. The highest BCUT2D eigenvalue weighted by molar-refractivity contribution is 5.97. The molecule has 7 nitrogen and oxygen atoms in total. The number of amides is 2. The molecule has 2 aliphatic heterocycles. The van der Waals surface area contributed by atoms with E-state index in [2.05, 4.69) is 10.6 Å². The van der Waals surface area contributed by atoms with E-state index >= 15 is 0 Å². The minimum absolute atomic E-state index is 0.0425. The molecule has 0 saturated carbocycles. The molecular weight excluding hydrogens is 334 g/mol. The van der Waals surface area contributed by atoms with Crippen LogP contribution in [0.15, 0.2) is 36.4 Å². The van der Waals surface area contributed by atoms with Crippen molar-refractivity contribution < 1.29 is 19.1 Å². The van der Waals surface area contributed by atoms with Gasteiger partial charge in [-0.25, -0.2) is 0 Å². The number of anilines is 3. The maximum absolute atomic E-state index is 12.3. The van der Waals surface area contributed by atoms with E-state index in [-0.39, 0.29) is 30.9 Å². The number of nitrogens with one attached hydrogen (secondary N) is 2. The molecule has 2 aliphatic rings. The fourth-order valence-corrected chi connectivity index (χ4v) is 3.23. The quantitative estimate of drug-likeness (QED) is 0.733. The second kappa shape index (κ2) is 6.59. The van der Waals surface area contributed by atoms with E-state index in [1.165, 1.54) is 0 Å². The molecular formula is C19H19N3O4. The Morgan fingerprint density at radius 2 is 2.00 bits per heavy atom. The molecule has 1 atom stereocenters. The fourth-order valence-electron chi connectivity index (χ4n) is 3.23. The molecule has 0 saturated heterocycles. The lowest BCUT2D eigenvalue weighted by Gasteiger charge is -2.24. The van der Waals surface area contributed by atoms with E-state index in [4.69, 9.17) is 15.2 Å². The Kier molecular flexibility index (Phi) is 4.12. The van der Waals surface area contributed by atoms with E-state index < -0.39 is 0 Å². The van der Waals surface area contributed by atoms with Crippen LogP contribution in [0, 0.1) is 5.92 Å². The molecule has 1 unspecified atom stereocenters. The van der Waals surface area contributed by atoms with Crippen molar-refractivity contribution >= 4 is 28.9 Å². The molecule has 0 aromatic heterocycles. The van der Waals surface area contributed by atoms with Gasteiger partial charge < -0.3 is 25.8 Å². The summed E-state index contributed by atoms with van der Waals surface area (Å²) in [4.78, 5) is 24.5. The average Bonchev–Trinajstić information content (AvgIpc) is 3.07. The smallest absolute Gasteiger partial charge is 0.231 e. The summed E-state index contributed by atoms with van der Waals surface area (Å²) in [6.45, 7) is 0.143. The van der Waals surface area contributed by atoms with Crippen molar-refractivity contribution in [3.05, 3.63) is 42.0 Å². The summed E-state index contributed by atoms with van der Waals surface area (Å²) < 4.78 is 10.5. The fraction of sp³-hybridized carbons (Fsp3) is 0.263. The number of rotatable bonds is 4. The average molecular weight is 353 g/mol. The predicted octanol–water partition coefficient (Wildman–Crippen LogP) is 2.53. The molecule has 4 rings (SSSR count). The number of carbonyl (C=O) groups is 2. The van der Waals surface area contributed by atoms with Crippen LogP contribution in [-0.2, 0) is 16.0 Å². The van der Waals surface area contributed by atoms with Crippen LogP contribution in [0.25, 0.3) is 0 Å². The van der Waals surface area contributed by atoms with Gasteiger partial charge in [0.2, 0.25) is 18.6 Å². The van der Waals surface area contributed by atoms with E-state index in [1.807, 2.05) is 24.3 Å². The Labute approximate surface area is 150 Å². The lowest BCUT2D eigenvalue weighted by atomic mass is 9.89. The molecule has 7 heteroatoms. The van der Waals surface area contributed by atoms with Crippen LogP contribution >= 0.6 is 0 Å². The van der Waals surface area contributed by atoms with Crippen molar-refractivity contribution in [2.24, 2.45) is 5.92 Å². The Morgan fingerprint density at radius 3 is 2.85 bits per heavy atom. The van der Waals surface area contributed by atoms with E-state index in [9.17, 15) is 9.59 Å². The molecule has 0 spiro atoms. The molecule has 0 bridgehead atoms. The highest BCUT2D eigenvalue weighted by Gasteiger charge is 2.26. The number of para-hydroxylation sites is 1. The summed E-state index contributed by atoms with van der Waals surface area (Å²) in [5.74, 6) is 0.668. The molecule has 26 heavy (non-hydrogen) atoms. The minimum Gasteiger partial charge on any atom is -0.454 e. The zero-order valence-corrected chi connectivity index (χ0v) is 14.1. The number of fused-ring (bicyclic) bond motifs is 2. The van der Waals surface area contributed by atoms with Crippen LogP contribution < -0.4 is 25.8 Å². The van der Waals surface area contributed by atoms with Gasteiger partial charge in [-0.2, -0.15) is 0 Å². The number of ether oxygens (including phenoxy) is 2. The number of nitrogen functional groups attached to an aromatic ring is 1. The molecule has 2 aromatic carbocycles. The Balaban J connectivity index is 1.37. The van der Waals surface area contributed by atoms with Crippen LogP contribution in [0.3, 0.4) is 0 Å². The number of hydrogen-bond acceptors (Lipinski definition) is 5. The van der Waals surface area contributed by atoms with Gasteiger partial charge in [0.25, 0.3) is 0 Å². The van der Waals surface area contributed by atoms with Gasteiger partial charge in [-0.3, -0.25) is 9.59 Å². The molecule has 134 valence electrons. The lowest BCUT2D eigenvalue weighted by molar-refractivity contribution is -0.121. The first-order valence-corrected chi connectivity index (χ1v) is 8.48. The summed E-state index contributed by atoms with van der Waals surface area (Å²) in [6.07, 6.45) is 1.34. The van der Waals surface area contributed by atoms with Crippen LogP contribution in [0.1, 0.15) is 18.4 Å². The zero-order chi connectivity index (χ0) is 18.1. The van der Waals surface area contributed by atoms with Gasteiger partial charge in [-0.05, 0) is 24.5 Å². The third-order valence-corrected chi connectivity index (χ3v) is 4.65. The van der Waals surface area contributed by atoms with Crippen LogP contribution in [0.2, 0.25) is 0 Å². The molecule has 2 heterocycles. The summed E-state index contributed by atoms with van der Waals surface area (Å²) in [5, 5.41) is 5.68. The number of benzene rings is 2. The Morgan fingerprint density at radius 1 is 1.23 bits per heavy atom. The van der Waals surface area contributed by atoms with Crippen molar-refractivity contribution in [3.63, 3.8) is 0 Å². The molecule has 2 aromatic rings. The standard InChI is InChI=1S/C19H19N3O4/c20-13-8-16-17(26-10-25-16)9-15(13)21-18(23)6-5-12-7-11-3-1-2-4-14(11)22-19(12)24/h1-4,8-9,12H,5-7,10,20H2,(H,21,23)(H,22,24). The second-order valence-electron chi connectivity index (χ2n) is 6.43. The molecule has 4 N–H and O–H groups in total. The number of hydrogen-bond donors (Lipinski definition) is 3. The Bertz CT molecular complexity index is 881. The second-order valence-corrected chi connectivity index (χ2v) is 6.43. The highest BCUT2D eigenvalue weighted by atomic mass is 16.7. The Hall–Kier alpha value is -3.22.